The number of carbonyl (C=O) groups is 1. The number of nitrogens with two attached hydrogens (primary N) is 4. The maximum absolute atomic E-state index is 13.3. The van der Waals surface area contributed by atoms with Crippen molar-refractivity contribution in [3.8, 4) is 0 Å². The Morgan fingerprint density at radius 3 is 1.48 bits per heavy atom. The van der Waals surface area contributed by atoms with Gasteiger partial charge in [0.05, 0.1) is 0 Å². The Morgan fingerprint density at radius 1 is 0.806 bits per heavy atom. The molecule has 0 spiro atoms. The first-order valence-electron chi connectivity index (χ1n) is 11.1. The highest BCUT2D eigenvalue weighted by Crippen LogP contribution is 2.45. The number of benzene rings is 2. The third-order valence-electron chi connectivity index (χ3n) is 6.71. The van der Waals surface area contributed by atoms with Crippen molar-refractivity contribution in [2.45, 2.75) is 37.1 Å². The van der Waals surface area contributed by atoms with E-state index >= 15 is 0 Å². The Kier molecular flexibility index (Phi) is 9.19. The summed E-state index contributed by atoms with van der Waals surface area (Å²) in [5.74, 6) is -0.362. The van der Waals surface area contributed by atoms with Crippen LogP contribution in [0.4, 0.5) is 0 Å². The van der Waals surface area contributed by atoms with E-state index in [-0.39, 0.29) is 17.4 Å². The molecule has 0 radical (unpaired) electrons. The van der Waals surface area contributed by atoms with Crippen molar-refractivity contribution in [3.05, 3.63) is 71.8 Å². The van der Waals surface area contributed by atoms with Gasteiger partial charge in [0.2, 0.25) is 5.91 Å². The predicted octanol–water partition coefficient (Wildman–Crippen LogP) is 1.81. The lowest BCUT2D eigenvalue weighted by Gasteiger charge is -2.48. The molecule has 6 nitrogen and oxygen atoms in total. The minimum atomic E-state index is -0.986. The molecule has 2 aromatic rings. The van der Waals surface area contributed by atoms with E-state index in [1.165, 1.54) is 0 Å². The number of hydrogen-bond acceptors (Lipinski definition) is 5. The van der Waals surface area contributed by atoms with E-state index in [0.29, 0.717) is 26.1 Å². The molecule has 1 amide bonds. The van der Waals surface area contributed by atoms with E-state index in [2.05, 4.69) is 4.90 Å². The fraction of sp³-hybridized carbons (Fsp3) is 0.480. The van der Waals surface area contributed by atoms with Crippen molar-refractivity contribution < 1.29 is 4.79 Å². The van der Waals surface area contributed by atoms with E-state index < -0.39 is 5.41 Å². The van der Waals surface area contributed by atoms with Crippen LogP contribution >= 0.6 is 0 Å². The van der Waals surface area contributed by atoms with Crippen LogP contribution < -0.4 is 22.9 Å². The molecule has 0 aliphatic rings. The minimum absolute atomic E-state index is 0.00365. The largest absolute Gasteiger partial charge is 0.369 e. The highest BCUT2D eigenvalue weighted by Gasteiger charge is 2.48. The van der Waals surface area contributed by atoms with E-state index in [4.69, 9.17) is 22.9 Å². The van der Waals surface area contributed by atoms with E-state index in [9.17, 15) is 4.79 Å². The SMILES string of the molecule is CN(C)C(CC(C(N)=O)(c1ccccc1)c1ccccc1)C(CCN)(CCN)CCN. The van der Waals surface area contributed by atoms with Gasteiger partial charge in [-0.1, -0.05) is 60.7 Å². The van der Waals surface area contributed by atoms with Gasteiger partial charge in [-0.25, -0.2) is 0 Å². The van der Waals surface area contributed by atoms with Gasteiger partial charge in [0.15, 0.2) is 0 Å². The van der Waals surface area contributed by atoms with Crippen LogP contribution in [0.25, 0.3) is 0 Å². The highest BCUT2D eigenvalue weighted by molar-refractivity contribution is 5.91. The molecule has 0 aliphatic carbocycles. The highest BCUT2D eigenvalue weighted by atomic mass is 16.1. The first kappa shape index (κ1) is 25.0. The van der Waals surface area contributed by atoms with Crippen molar-refractivity contribution in [2.24, 2.45) is 28.3 Å². The molecule has 31 heavy (non-hydrogen) atoms. The predicted molar refractivity (Wildman–Crippen MR) is 128 cm³/mol. The first-order valence-corrected chi connectivity index (χ1v) is 11.1. The van der Waals surface area contributed by atoms with Crippen LogP contribution in [0.2, 0.25) is 0 Å². The number of rotatable bonds is 13. The molecule has 0 bridgehead atoms. The number of carbonyl (C=O) groups excluding carboxylic acids is 1. The summed E-state index contributed by atoms with van der Waals surface area (Å²) >= 11 is 0. The van der Waals surface area contributed by atoms with Crippen molar-refractivity contribution in [2.75, 3.05) is 33.7 Å². The fourth-order valence-corrected chi connectivity index (χ4v) is 5.21. The zero-order valence-corrected chi connectivity index (χ0v) is 19.0. The number of nitrogens with zero attached hydrogens (tertiary/aromatic N) is 1. The Balaban J connectivity index is 2.73. The molecule has 1 unspecified atom stereocenters. The summed E-state index contributed by atoms with van der Waals surface area (Å²) in [4.78, 5) is 15.5. The van der Waals surface area contributed by atoms with Crippen molar-refractivity contribution in [3.63, 3.8) is 0 Å². The first-order chi connectivity index (χ1) is 14.9. The molecule has 2 rings (SSSR count). The topological polar surface area (TPSA) is 124 Å². The smallest absolute Gasteiger partial charge is 0.232 e. The van der Waals surface area contributed by atoms with Gasteiger partial charge < -0.3 is 27.8 Å². The monoisotopic (exact) mass is 425 g/mol. The van der Waals surface area contributed by atoms with Gasteiger partial charge in [0.1, 0.15) is 5.41 Å². The van der Waals surface area contributed by atoms with Crippen molar-refractivity contribution in [1.82, 2.24) is 4.90 Å². The van der Waals surface area contributed by atoms with Gasteiger partial charge in [-0.15, -0.1) is 0 Å². The van der Waals surface area contributed by atoms with Gasteiger partial charge in [-0.2, -0.15) is 0 Å². The Morgan fingerprint density at radius 2 is 1.19 bits per heavy atom. The molecular weight excluding hydrogens is 386 g/mol. The van der Waals surface area contributed by atoms with Gasteiger partial charge in [0, 0.05) is 6.04 Å². The normalized spacial score (nSPS) is 13.4. The van der Waals surface area contributed by atoms with Gasteiger partial charge in [-0.05, 0) is 76.0 Å². The van der Waals surface area contributed by atoms with Gasteiger partial charge >= 0.3 is 0 Å². The third kappa shape index (κ3) is 5.33. The number of hydrogen-bond donors (Lipinski definition) is 4. The summed E-state index contributed by atoms with van der Waals surface area (Å²) in [5, 5.41) is 0. The lowest BCUT2D eigenvalue weighted by Crippen LogP contribution is -2.54. The second-order valence-corrected chi connectivity index (χ2v) is 8.66. The molecule has 8 N–H and O–H groups in total. The van der Waals surface area contributed by atoms with Crippen molar-refractivity contribution in [1.29, 1.82) is 0 Å². The molecule has 6 heteroatoms. The quantitative estimate of drug-likeness (QED) is 0.390. The Bertz CT molecular complexity index is 738. The van der Waals surface area contributed by atoms with Crippen LogP contribution in [0.1, 0.15) is 36.8 Å². The Labute approximate surface area is 187 Å². The summed E-state index contributed by atoms with van der Waals surface area (Å²) in [6.07, 6.45) is 2.86. The van der Waals surface area contributed by atoms with Crippen LogP contribution in [0.15, 0.2) is 60.7 Å². The van der Waals surface area contributed by atoms with Crippen LogP contribution in [0.5, 0.6) is 0 Å². The van der Waals surface area contributed by atoms with Gasteiger partial charge in [-0.3, -0.25) is 4.79 Å². The molecule has 0 saturated heterocycles. The van der Waals surface area contributed by atoms with Crippen LogP contribution in [0.3, 0.4) is 0 Å². The lowest BCUT2D eigenvalue weighted by atomic mass is 9.62. The van der Waals surface area contributed by atoms with Crippen LogP contribution in [0, 0.1) is 5.41 Å². The summed E-state index contributed by atoms with van der Waals surface area (Å²) in [6.45, 7) is 1.60. The van der Waals surface area contributed by atoms with Crippen LogP contribution in [-0.4, -0.2) is 50.6 Å². The second kappa shape index (κ2) is 11.4. The molecule has 0 aromatic heterocycles. The Hall–Kier alpha value is -2.25. The maximum atomic E-state index is 13.3. The lowest BCUT2D eigenvalue weighted by molar-refractivity contribution is -0.123. The second-order valence-electron chi connectivity index (χ2n) is 8.66. The average Bonchev–Trinajstić information content (AvgIpc) is 2.76. The molecule has 0 aliphatic heterocycles. The zero-order chi connectivity index (χ0) is 22.9. The maximum Gasteiger partial charge on any atom is 0.232 e. The summed E-state index contributed by atoms with van der Waals surface area (Å²) in [5.41, 5.74) is 25.0. The molecule has 170 valence electrons. The molecule has 0 saturated carbocycles. The summed E-state index contributed by atoms with van der Waals surface area (Å²) < 4.78 is 0. The van der Waals surface area contributed by atoms with E-state index in [1.807, 2.05) is 74.8 Å². The molecular formula is C25H39N5O. The average molecular weight is 426 g/mol. The minimum Gasteiger partial charge on any atom is -0.369 e. The summed E-state index contributed by atoms with van der Waals surface area (Å²) in [6, 6.07) is 19.7. The van der Waals surface area contributed by atoms with Crippen molar-refractivity contribution >= 4 is 5.91 Å². The van der Waals surface area contributed by atoms with E-state index in [0.717, 1.165) is 30.4 Å². The molecule has 0 heterocycles. The molecule has 1 atom stereocenters. The zero-order valence-electron chi connectivity index (χ0n) is 19.0. The fourth-order valence-electron chi connectivity index (χ4n) is 5.21. The van der Waals surface area contributed by atoms with Crippen LogP contribution in [-0.2, 0) is 10.2 Å². The molecule has 2 aromatic carbocycles. The molecule has 0 fully saturated rings. The number of primary amides is 1. The standard InChI is InChI=1S/C25H39N5O/c1-30(2)22(24(13-16-26,14-17-27)15-18-28)19-25(23(29)31,20-9-5-3-6-10-20)21-11-7-4-8-12-21/h3-12,22H,13-19,26-28H2,1-2H3,(H2,29,31). The third-order valence-corrected chi connectivity index (χ3v) is 6.71. The summed E-state index contributed by atoms with van der Waals surface area (Å²) in [7, 11) is 4.09. The van der Waals surface area contributed by atoms with Gasteiger partial charge in [0.25, 0.3) is 0 Å². The number of amides is 1. The van der Waals surface area contributed by atoms with E-state index in [1.54, 1.807) is 0 Å².